The quantitative estimate of drug-likeness (QED) is 0.702. The molecule has 30 heavy (non-hydrogen) atoms. The SMILES string of the molecule is Cc1ccc(S(=O)(=O)N[C@@H](c2ccccc2)[C@H]2CCCC[C@H]2N2CCCCC2)cc1. The van der Waals surface area contributed by atoms with E-state index in [1.54, 1.807) is 12.1 Å². The first-order valence-electron chi connectivity index (χ1n) is 11.4. The summed E-state index contributed by atoms with van der Waals surface area (Å²) >= 11 is 0. The van der Waals surface area contributed by atoms with Crippen molar-refractivity contribution in [3.05, 3.63) is 65.7 Å². The number of nitrogens with one attached hydrogen (secondary N) is 1. The first-order chi connectivity index (χ1) is 14.5. The molecule has 5 heteroatoms. The normalized spacial score (nSPS) is 24.4. The monoisotopic (exact) mass is 426 g/mol. The number of sulfonamides is 1. The Morgan fingerprint density at radius 2 is 1.53 bits per heavy atom. The maximum absolute atomic E-state index is 13.3. The van der Waals surface area contributed by atoms with Gasteiger partial charge in [-0.1, -0.05) is 67.3 Å². The summed E-state index contributed by atoms with van der Waals surface area (Å²) in [6.45, 7) is 4.27. The Balaban J connectivity index is 1.66. The van der Waals surface area contributed by atoms with E-state index in [1.165, 1.54) is 38.5 Å². The van der Waals surface area contributed by atoms with Crippen LogP contribution in [0.15, 0.2) is 59.5 Å². The Morgan fingerprint density at radius 3 is 2.23 bits per heavy atom. The molecular weight excluding hydrogens is 392 g/mol. The molecule has 1 N–H and O–H groups in total. The second-order valence-electron chi connectivity index (χ2n) is 8.93. The minimum atomic E-state index is -3.60. The standard InChI is InChI=1S/C25H34N2O2S/c1-20-14-16-22(17-15-20)30(28,29)26-25(21-10-4-2-5-11-21)23-12-6-7-13-24(23)27-18-8-3-9-19-27/h2,4-5,10-11,14-17,23-26H,3,6-9,12-13,18-19H2,1H3/t23-,24+,25-/m0/s1. The third-order valence-corrected chi connectivity index (χ3v) is 8.30. The molecule has 0 amide bonds. The average molecular weight is 427 g/mol. The lowest BCUT2D eigenvalue weighted by molar-refractivity contribution is 0.0695. The predicted molar refractivity (Wildman–Crippen MR) is 122 cm³/mol. The van der Waals surface area contributed by atoms with Crippen molar-refractivity contribution < 1.29 is 8.42 Å². The zero-order valence-corrected chi connectivity index (χ0v) is 18.8. The van der Waals surface area contributed by atoms with Gasteiger partial charge < -0.3 is 4.90 Å². The van der Waals surface area contributed by atoms with Crippen molar-refractivity contribution >= 4 is 10.0 Å². The number of piperidine rings is 1. The molecule has 2 aliphatic rings. The molecule has 4 rings (SSSR count). The molecule has 0 aromatic heterocycles. The molecule has 4 nitrogen and oxygen atoms in total. The van der Waals surface area contributed by atoms with Gasteiger partial charge in [0, 0.05) is 6.04 Å². The topological polar surface area (TPSA) is 49.4 Å². The number of benzene rings is 2. The molecule has 1 aliphatic carbocycles. The molecule has 1 heterocycles. The number of likely N-dealkylation sites (tertiary alicyclic amines) is 1. The zero-order chi connectivity index (χ0) is 21.0. The van der Waals surface area contributed by atoms with Crippen molar-refractivity contribution in [1.29, 1.82) is 0 Å². The van der Waals surface area contributed by atoms with Crippen molar-refractivity contribution in [1.82, 2.24) is 9.62 Å². The van der Waals surface area contributed by atoms with Gasteiger partial charge in [0.05, 0.1) is 10.9 Å². The second kappa shape index (κ2) is 9.63. The highest BCUT2D eigenvalue weighted by molar-refractivity contribution is 7.89. The summed E-state index contributed by atoms with van der Waals surface area (Å²) in [4.78, 5) is 2.99. The number of rotatable bonds is 6. The van der Waals surface area contributed by atoms with E-state index in [0.717, 1.165) is 30.6 Å². The Morgan fingerprint density at radius 1 is 0.867 bits per heavy atom. The van der Waals surface area contributed by atoms with Gasteiger partial charge in [0.2, 0.25) is 10.0 Å². The van der Waals surface area contributed by atoms with Crippen LogP contribution in [0.1, 0.15) is 62.1 Å². The number of nitrogens with zero attached hydrogens (tertiary/aromatic N) is 1. The van der Waals surface area contributed by atoms with Gasteiger partial charge in [-0.25, -0.2) is 13.1 Å². The van der Waals surface area contributed by atoms with Crippen molar-refractivity contribution in [3.63, 3.8) is 0 Å². The third kappa shape index (κ3) is 4.96. The summed E-state index contributed by atoms with van der Waals surface area (Å²) < 4.78 is 29.8. The lowest BCUT2D eigenvalue weighted by Gasteiger charge is -2.45. The Hall–Kier alpha value is -1.69. The van der Waals surface area contributed by atoms with Crippen LogP contribution in [-0.4, -0.2) is 32.4 Å². The van der Waals surface area contributed by atoms with Gasteiger partial charge in [0.15, 0.2) is 0 Å². The van der Waals surface area contributed by atoms with Crippen LogP contribution in [0.3, 0.4) is 0 Å². The van der Waals surface area contributed by atoms with Gasteiger partial charge in [0.25, 0.3) is 0 Å². The highest BCUT2D eigenvalue weighted by atomic mass is 32.2. The van der Waals surface area contributed by atoms with Crippen molar-refractivity contribution in [3.8, 4) is 0 Å². The summed E-state index contributed by atoms with van der Waals surface area (Å²) in [7, 11) is -3.60. The number of hydrogen-bond acceptors (Lipinski definition) is 3. The van der Waals surface area contributed by atoms with Gasteiger partial charge in [-0.3, -0.25) is 0 Å². The van der Waals surface area contributed by atoms with Gasteiger partial charge in [0.1, 0.15) is 0 Å². The van der Waals surface area contributed by atoms with E-state index in [1.807, 2.05) is 37.3 Å². The summed E-state index contributed by atoms with van der Waals surface area (Å²) in [5.41, 5.74) is 2.13. The van der Waals surface area contributed by atoms with Crippen LogP contribution >= 0.6 is 0 Å². The van der Waals surface area contributed by atoms with E-state index < -0.39 is 10.0 Å². The number of hydrogen-bond donors (Lipinski definition) is 1. The largest absolute Gasteiger partial charge is 0.300 e. The van der Waals surface area contributed by atoms with Crippen LogP contribution in [0.5, 0.6) is 0 Å². The highest BCUT2D eigenvalue weighted by Gasteiger charge is 2.38. The van der Waals surface area contributed by atoms with Crippen LogP contribution in [0.4, 0.5) is 0 Å². The van der Waals surface area contributed by atoms with Gasteiger partial charge in [-0.2, -0.15) is 0 Å². The van der Waals surface area contributed by atoms with Gasteiger partial charge in [-0.05, 0) is 69.3 Å². The molecule has 3 atom stereocenters. The van der Waals surface area contributed by atoms with E-state index in [4.69, 9.17) is 0 Å². The maximum Gasteiger partial charge on any atom is 0.241 e. The van der Waals surface area contributed by atoms with E-state index >= 15 is 0 Å². The molecule has 0 unspecified atom stereocenters. The summed E-state index contributed by atoms with van der Waals surface area (Å²) in [5.74, 6) is 0.291. The highest BCUT2D eigenvalue weighted by Crippen LogP contribution is 2.39. The molecule has 2 aromatic carbocycles. The summed E-state index contributed by atoms with van der Waals surface area (Å²) in [6.07, 6.45) is 8.48. The fraction of sp³-hybridized carbons (Fsp3) is 0.520. The van der Waals surface area contributed by atoms with Crippen LogP contribution in [0, 0.1) is 12.8 Å². The first kappa shape index (κ1) is 21.5. The maximum atomic E-state index is 13.3. The van der Waals surface area contributed by atoms with E-state index in [0.29, 0.717) is 16.9 Å². The first-order valence-corrected chi connectivity index (χ1v) is 12.9. The predicted octanol–water partition coefficient (Wildman–Crippen LogP) is 5.06. The summed E-state index contributed by atoms with van der Waals surface area (Å²) in [6, 6.07) is 17.6. The van der Waals surface area contributed by atoms with E-state index in [2.05, 4.69) is 21.8 Å². The molecule has 0 spiro atoms. The molecular formula is C25H34N2O2S. The van der Waals surface area contributed by atoms with Crippen molar-refractivity contribution in [2.75, 3.05) is 13.1 Å². The second-order valence-corrected chi connectivity index (χ2v) is 10.6. The molecule has 1 saturated heterocycles. The fourth-order valence-electron chi connectivity index (χ4n) is 5.25. The summed E-state index contributed by atoms with van der Waals surface area (Å²) in [5, 5.41) is 0. The van der Waals surface area contributed by atoms with Gasteiger partial charge in [-0.15, -0.1) is 0 Å². The van der Waals surface area contributed by atoms with Gasteiger partial charge >= 0.3 is 0 Å². The molecule has 0 radical (unpaired) electrons. The average Bonchev–Trinajstić information content (AvgIpc) is 2.79. The van der Waals surface area contributed by atoms with Crippen molar-refractivity contribution in [2.24, 2.45) is 5.92 Å². The molecule has 1 aliphatic heterocycles. The van der Waals surface area contributed by atoms with E-state index in [-0.39, 0.29) is 6.04 Å². The number of aryl methyl sites for hydroxylation is 1. The molecule has 0 bridgehead atoms. The third-order valence-electron chi connectivity index (χ3n) is 6.84. The van der Waals surface area contributed by atoms with Crippen molar-refractivity contribution in [2.45, 2.75) is 68.8 Å². The lowest BCUT2D eigenvalue weighted by atomic mass is 9.76. The zero-order valence-electron chi connectivity index (χ0n) is 18.0. The fourth-order valence-corrected chi connectivity index (χ4v) is 6.52. The van der Waals surface area contributed by atoms with Crippen LogP contribution in [0.25, 0.3) is 0 Å². The van der Waals surface area contributed by atoms with Crippen LogP contribution < -0.4 is 4.72 Å². The molecule has 1 saturated carbocycles. The Bertz CT molecular complexity index is 906. The molecule has 2 aromatic rings. The van der Waals surface area contributed by atoms with E-state index in [9.17, 15) is 8.42 Å². The van der Waals surface area contributed by atoms with Crippen LogP contribution in [-0.2, 0) is 10.0 Å². The minimum Gasteiger partial charge on any atom is -0.300 e. The molecule has 162 valence electrons. The van der Waals surface area contributed by atoms with Crippen LogP contribution in [0.2, 0.25) is 0 Å². The minimum absolute atomic E-state index is 0.204. The Labute approximate surface area is 181 Å². The Kier molecular flexibility index (Phi) is 6.91. The smallest absolute Gasteiger partial charge is 0.241 e. The lowest BCUT2D eigenvalue weighted by Crippen LogP contribution is -2.49. The molecule has 2 fully saturated rings.